The lowest BCUT2D eigenvalue weighted by Gasteiger charge is -2.32. The van der Waals surface area contributed by atoms with Crippen molar-refractivity contribution in [3.05, 3.63) is 41.0 Å². The van der Waals surface area contributed by atoms with Gasteiger partial charge in [0.1, 0.15) is 0 Å². The summed E-state index contributed by atoms with van der Waals surface area (Å²) in [5.74, 6) is 2.54. The van der Waals surface area contributed by atoms with Crippen molar-refractivity contribution in [2.45, 2.75) is 58.3 Å². The molecule has 1 N–H and O–H groups in total. The maximum absolute atomic E-state index is 12.6. The summed E-state index contributed by atoms with van der Waals surface area (Å²) in [6, 6.07) is 6.13. The van der Waals surface area contributed by atoms with Gasteiger partial charge in [-0.15, -0.1) is 0 Å². The fraction of sp³-hybridized carbons (Fsp3) is 0.609. The van der Waals surface area contributed by atoms with Crippen molar-refractivity contribution in [3.63, 3.8) is 0 Å². The van der Waals surface area contributed by atoms with Gasteiger partial charge in [-0.1, -0.05) is 11.2 Å². The molecule has 1 aromatic heterocycles. The van der Waals surface area contributed by atoms with Crippen LogP contribution in [0.3, 0.4) is 0 Å². The number of ether oxygens (including phenoxy) is 1. The number of aromatic nitrogens is 2. The lowest BCUT2D eigenvalue weighted by molar-refractivity contribution is 0.0830. The van der Waals surface area contributed by atoms with E-state index >= 15 is 0 Å². The maximum atomic E-state index is 12.6. The maximum Gasteiger partial charge on any atom is 0.321 e. The Labute approximate surface area is 178 Å². The fourth-order valence-corrected chi connectivity index (χ4v) is 4.49. The number of benzene rings is 1. The minimum atomic E-state index is -0.00328. The molecule has 30 heavy (non-hydrogen) atoms. The molecule has 3 heterocycles. The summed E-state index contributed by atoms with van der Waals surface area (Å²) in [7, 11) is 0. The van der Waals surface area contributed by atoms with Crippen LogP contribution in [0.4, 0.5) is 10.5 Å². The lowest BCUT2D eigenvalue weighted by Crippen LogP contribution is -2.41. The molecule has 0 atom stereocenters. The van der Waals surface area contributed by atoms with Crippen LogP contribution in [0.5, 0.6) is 0 Å². The summed E-state index contributed by atoms with van der Waals surface area (Å²) >= 11 is 0. The number of nitrogens with one attached hydrogen (secondary N) is 1. The molecular formula is C23H32N4O3. The molecule has 2 fully saturated rings. The van der Waals surface area contributed by atoms with Gasteiger partial charge in [0.05, 0.1) is 0 Å². The monoisotopic (exact) mass is 412 g/mol. The second-order valence-corrected chi connectivity index (χ2v) is 8.71. The minimum absolute atomic E-state index is 0.00328. The van der Waals surface area contributed by atoms with E-state index in [0.29, 0.717) is 11.8 Å². The first-order valence-corrected chi connectivity index (χ1v) is 11.1. The third-order valence-electron chi connectivity index (χ3n) is 6.21. The number of aryl methyl sites for hydroxylation is 3. The van der Waals surface area contributed by atoms with Crippen molar-refractivity contribution in [1.82, 2.24) is 15.0 Å². The minimum Gasteiger partial charge on any atom is -0.381 e. The standard InChI is InChI=1S/C23H32N4O3/c1-16-13-17(2)15-20(14-16)24-23(28)27-9-5-18(6-10-27)3-4-21-25-22(26-30-21)19-7-11-29-12-8-19/h13-15,18-19H,3-12H2,1-2H3,(H,24,28). The number of likely N-dealkylation sites (tertiary alicyclic amines) is 1. The highest BCUT2D eigenvalue weighted by atomic mass is 16.5. The van der Waals surface area contributed by atoms with Gasteiger partial charge in [0.25, 0.3) is 0 Å². The molecule has 0 unspecified atom stereocenters. The topological polar surface area (TPSA) is 80.5 Å². The zero-order valence-electron chi connectivity index (χ0n) is 18.0. The Balaban J connectivity index is 1.21. The largest absolute Gasteiger partial charge is 0.381 e. The fourth-order valence-electron chi connectivity index (χ4n) is 4.49. The second kappa shape index (κ2) is 9.60. The van der Waals surface area contributed by atoms with E-state index in [9.17, 15) is 4.79 Å². The van der Waals surface area contributed by atoms with Gasteiger partial charge in [0.2, 0.25) is 5.89 Å². The average molecular weight is 413 g/mol. The van der Waals surface area contributed by atoms with Crippen molar-refractivity contribution in [1.29, 1.82) is 0 Å². The number of carbonyl (C=O) groups excluding carboxylic acids is 1. The summed E-state index contributed by atoms with van der Waals surface area (Å²) in [6.45, 7) is 7.24. The molecule has 2 amide bonds. The van der Waals surface area contributed by atoms with Gasteiger partial charge >= 0.3 is 6.03 Å². The molecular weight excluding hydrogens is 380 g/mol. The number of nitrogens with zero attached hydrogens (tertiary/aromatic N) is 3. The number of anilines is 1. The number of hydrogen-bond donors (Lipinski definition) is 1. The Morgan fingerprint density at radius 2 is 1.80 bits per heavy atom. The van der Waals surface area contributed by atoms with Crippen molar-refractivity contribution < 1.29 is 14.1 Å². The predicted molar refractivity (Wildman–Crippen MR) is 115 cm³/mol. The Morgan fingerprint density at radius 1 is 1.10 bits per heavy atom. The molecule has 7 heteroatoms. The van der Waals surface area contributed by atoms with Crippen LogP contribution in [0.2, 0.25) is 0 Å². The summed E-state index contributed by atoms with van der Waals surface area (Å²) in [5, 5.41) is 7.23. The van der Waals surface area contributed by atoms with Crippen molar-refractivity contribution in [2.75, 3.05) is 31.6 Å². The number of rotatable bonds is 5. The molecule has 0 spiro atoms. The quantitative estimate of drug-likeness (QED) is 0.784. The molecule has 0 saturated carbocycles. The van der Waals surface area contributed by atoms with Gasteiger partial charge in [0.15, 0.2) is 5.82 Å². The first kappa shape index (κ1) is 20.8. The van der Waals surface area contributed by atoms with Crippen LogP contribution >= 0.6 is 0 Å². The average Bonchev–Trinajstić information content (AvgIpc) is 3.22. The van der Waals surface area contributed by atoms with E-state index in [4.69, 9.17) is 9.26 Å². The van der Waals surface area contributed by atoms with Crippen LogP contribution in [0.25, 0.3) is 0 Å². The van der Waals surface area contributed by atoms with E-state index in [1.807, 2.05) is 30.9 Å². The van der Waals surface area contributed by atoms with Gasteiger partial charge in [-0.25, -0.2) is 4.79 Å². The summed E-state index contributed by atoms with van der Waals surface area (Å²) in [4.78, 5) is 19.1. The van der Waals surface area contributed by atoms with Gasteiger partial charge in [0, 0.05) is 44.3 Å². The van der Waals surface area contributed by atoms with Gasteiger partial charge in [-0.05, 0) is 75.1 Å². The number of amides is 2. The van der Waals surface area contributed by atoms with Crippen molar-refractivity contribution in [3.8, 4) is 0 Å². The molecule has 0 bridgehead atoms. The number of carbonyl (C=O) groups is 1. The van der Waals surface area contributed by atoms with Crippen LogP contribution in [-0.2, 0) is 11.2 Å². The molecule has 0 radical (unpaired) electrons. The van der Waals surface area contributed by atoms with E-state index in [-0.39, 0.29) is 6.03 Å². The van der Waals surface area contributed by atoms with E-state index in [1.54, 1.807) is 0 Å². The third-order valence-corrected chi connectivity index (χ3v) is 6.21. The third kappa shape index (κ3) is 5.39. The molecule has 2 aromatic rings. The van der Waals surface area contributed by atoms with E-state index in [1.165, 1.54) is 0 Å². The van der Waals surface area contributed by atoms with Crippen LogP contribution < -0.4 is 5.32 Å². The molecule has 2 saturated heterocycles. The van der Waals surface area contributed by atoms with Crippen molar-refractivity contribution in [2.24, 2.45) is 5.92 Å². The predicted octanol–water partition coefficient (Wildman–Crippen LogP) is 4.46. The van der Waals surface area contributed by atoms with Crippen LogP contribution in [-0.4, -0.2) is 47.4 Å². The highest BCUT2D eigenvalue weighted by Crippen LogP contribution is 2.26. The molecule has 0 aliphatic carbocycles. The lowest BCUT2D eigenvalue weighted by atomic mass is 9.92. The Bertz CT molecular complexity index is 832. The number of urea groups is 1. The number of hydrogen-bond acceptors (Lipinski definition) is 5. The Kier molecular flexibility index (Phi) is 6.67. The highest BCUT2D eigenvalue weighted by molar-refractivity contribution is 5.89. The number of piperidine rings is 1. The normalized spacial score (nSPS) is 18.5. The van der Waals surface area contributed by atoms with E-state index in [2.05, 4.69) is 21.5 Å². The van der Waals surface area contributed by atoms with E-state index < -0.39 is 0 Å². The van der Waals surface area contributed by atoms with Gasteiger partial charge < -0.3 is 19.5 Å². The Morgan fingerprint density at radius 3 is 2.50 bits per heavy atom. The summed E-state index contributed by atoms with van der Waals surface area (Å²) in [6.07, 6.45) is 5.82. The molecule has 7 nitrogen and oxygen atoms in total. The zero-order chi connectivity index (χ0) is 20.9. The summed E-state index contributed by atoms with van der Waals surface area (Å²) in [5.41, 5.74) is 3.19. The smallest absolute Gasteiger partial charge is 0.321 e. The second-order valence-electron chi connectivity index (χ2n) is 8.71. The van der Waals surface area contributed by atoms with Gasteiger partial charge in [-0.2, -0.15) is 4.98 Å². The first-order valence-electron chi connectivity index (χ1n) is 11.1. The summed E-state index contributed by atoms with van der Waals surface area (Å²) < 4.78 is 10.9. The highest BCUT2D eigenvalue weighted by Gasteiger charge is 2.25. The van der Waals surface area contributed by atoms with E-state index in [0.717, 1.165) is 93.4 Å². The van der Waals surface area contributed by atoms with Gasteiger partial charge in [-0.3, -0.25) is 0 Å². The van der Waals surface area contributed by atoms with Crippen LogP contribution in [0.15, 0.2) is 22.7 Å². The van der Waals surface area contributed by atoms with Crippen LogP contribution in [0, 0.1) is 19.8 Å². The Hall–Kier alpha value is -2.41. The SMILES string of the molecule is Cc1cc(C)cc(NC(=O)N2CCC(CCc3nc(C4CCOCC4)no3)CC2)c1. The molecule has 2 aliphatic heterocycles. The molecule has 162 valence electrons. The first-order chi connectivity index (χ1) is 14.6. The van der Waals surface area contributed by atoms with Crippen molar-refractivity contribution >= 4 is 11.7 Å². The molecule has 2 aliphatic rings. The zero-order valence-corrected chi connectivity index (χ0v) is 18.0. The molecule has 4 rings (SSSR count). The molecule has 1 aromatic carbocycles. The van der Waals surface area contributed by atoms with Crippen LogP contribution in [0.1, 0.15) is 60.9 Å².